The quantitative estimate of drug-likeness (QED) is 0.815. The third-order valence-corrected chi connectivity index (χ3v) is 3.50. The van der Waals surface area contributed by atoms with E-state index >= 15 is 0 Å². The highest BCUT2D eigenvalue weighted by Crippen LogP contribution is 2.31. The summed E-state index contributed by atoms with van der Waals surface area (Å²) in [7, 11) is 1.64. The van der Waals surface area contributed by atoms with E-state index in [9.17, 15) is 4.79 Å². The van der Waals surface area contributed by atoms with Gasteiger partial charge >= 0.3 is 0 Å². The number of ether oxygens (including phenoxy) is 1. The molecule has 6 heteroatoms. The van der Waals surface area contributed by atoms with E-state index in [-0.39, 0.29) is 18.0 Å². The highest BCUT2D eigenvalue weighted by molar-refractivity contribution is 5.80. The van der Waals surface area contributed by atoms with E-state index in [2.05, 4.69) is 12.0 Å². The molecule has 2 N–H and O–H groups in total. The molecule has 0 aromatic carbocycles. The molecule has 106 valence electrons. The Labute approximate surface area is 113 Å². The predicted octanol–water partition coefficient (Wildman–Crippen LogP) is 0.540. The summed E-state index contributed by atoms with van der Waals surface area (Å²) in [5.41, 5.74) is 7.17. The number of carbonyl (C=O) groups is 1. The number of nitrogens with zero attached hydrogens (tertiary/aromatic N) is 3. The topological polar surface area (TPSA) is 73.4 Å². The van der Waals surface area contributed by atoms with Crippen LogP contribution in [0.5, 0.6) is 0 Å². The second-order valence-electron chi connectivity index (χ2n) is 4.87. The Morgan fingerprint density at radius 1 is 1.53 bits per heavy atom. The highest BCUT2D eigenvalue weighted by atomic mass is 16.5. The monoisotopic (exact) mass is 266 g/mol. The highest BCUT2D eigenvalue weighted by Gasteiger charge is 2.39. The molecule has 2 unspecified atom stereocenters. The Balaban J connectivity index is 2.23. The van der Waals surface area contributed by atoms with Crippen LogP contribution in [0.25, 0.3) is 0 Å². The summed E-state index contributed by atoms with van der Waals surface area (Å²) in [5.74, 6) is 0.0961. The van der Waals surface area contributed by atoms with Crippen LogP contribution >= 0.6 is 0 Å². The van der Waals surface area contributed by atoms with Crippen LogP contribution in [-0.2, 0) is 16.1 Å². The number of amides is 1. The second-order valence-corrected chi connectivity index (χ2v) is 4.87. The van der Waals surface area contributed by atoms with E-state index in [0.29, 0.717) is 19.6 Å². The van der Waals surface area contributed by atoms with E-state index in [0.717, 1.165) is 18.7 Å². The Morgan fingerprint density at radius 3 is 3.00 bits per heavy atom. The van der Waals surface area contributed by atoms with Crippen LogP contribution in [-0.4, -0.2) is 46.9 Å². The minimum absolute atomic E-state index is 0.0864. The lowest BCUT2D eigenvalue weighted by Gasteiger charge is -2.27. The molecule has 0 saturated carbocycles. The summed E-state index contributed by atoms with van der Waals surface area (Å²) in [6, 6.07) is 1.70. The van der Waals surface area contributed by atoms with Crippen molar-refractivity contribution in [2.24, 2.45) is 5.73 Å². The number of aromatic nitrogens is 2. The summed E-state index contributed by atoms with van der Waals surface area (Å²) >= 11 is 0. The Hall–Kier alpha value is -1.40. The van der Waals surface area contributed by atoms with Crippen LogP contribution in [0.1, 0.15) is 31.5 Å². The van der Waals surface area contributed by atoms with Gasteiger partial charge in [-0.3, -0.25) is 9.48 Å². The SMILES string of the molecule is CCCn1nccc1C1C(N)CC(=O)N1CCOC. The fourth-order valence-corrected chi connectivity index (χ4v) is 2.64. The number of hydrogen-bond donors (Lipinski definition) is 1. The van der Waals surface area contributed by atoms with Gasteiger partial charge < -0.3 is 15.4 Å². The first kappa shape index (κ1) is 14.0. The van der Waals surface area contributed by atoms with Crippen molar-refractivity contribution in [1.29, 1.82) is 0 Å². The largest absolute Gasteiger partial charge is 0.383 e. The van der Waals surface area contributed by atoms with Crippen molar-refractivity contribution in [3.63, 3.8) is 0 Å². The van der Waals surface area contributed by atoms with Crippen molar-refractivity contribution < 1.29 is 9.53 Å². The molecular weight excluding hydrogens is 244 g/mol. The molecule has 1 amide bonds. The molecule has 19 heavy (non-hydrogen) atoms. The summed E-state index contributed by atoms with van der Waals surface area (Å²) in [4.78, 5) is 13.8. The fraction of sp³-hybridized carbons (Fsp3) is 0.692. The Bertz CT molecular complexity index is 432. The molecule has 1 fully saturated rings. The molecule has 1 saturated heterocycles. The van der Waals surface area contributed by atoms with Crippen LogP contribution in [0.4, 0.5) is 0 Å². The maximum Gasteiger partial charge on any atom is 0.224 e. The van der Waals surface area contributed by atoms with Gasteiger partial charge in [-0.05, 0) is 12.5 Å². The van der Waals surface area contributed by atoms with Gasteiger partial charge in [0.15, 0.2) is 0 Å². The summed E-state index contributed by atoms with van der Waals surface area (Å²) in [6.45, 7) is 4.05. The Kier molecular flexibility index (Phi) is 4.55. The fourth-order valence-electron chi connectivity index (χ4n) is 2.64. The molecule has 0 radical (unpaired) electrons. The van der Waals surface area contributed by atoms with E-state index in [1.165, 1.54) is 0 Å². The van der Waals surface area contributed by atoms with Crippen molar-refractivity contribution in [1.82, 2.24) is 14.7 Å². The van der Waals surface area contributed by atoms with Crippen molar-refractivity contribution in [2.45, 2.75) is 38.4 Å². The molecule has 2 heterocycles. The van der Waals surface area contributed by atoms with E-state index < -0.39 is 0 Å². The lowest BCUT2D eigenvalue weighted by Crippen LogP contribution is -2.36. The van der Waals surface area contributed by atoms with Gasteiger partial charge in [0.05, 0.1) is 18.3 Å². The van der Waals surface area contributed by atoms with Crippen molar-refractivity contribution >= 4 is 5.91 Å². The molecule has 1 aromatic heterocycles. The molecule has 0 bridgehead atoms. The van der Waals surface area contributed by atoms with Gasteiger partial charge in [-0.1, -0.05) is 6.92 Å². The van der Waals surface area contributed by atoms with Crippen LogP contribution in [0.2, 0.25) is 0 Å². The molecule has 0 aliphatic carbocycles. The zero-order valence-corrected chi connectivity index (χ0v) is 11.6. The summed E-state index contributed by atoms with van der Waals surface area (Å²) < 4.78 is 7.02. The van der Waals surface area contributed by atoms with Crippen LogP contribution < -0.4 is 5.73 Å². The molecule has 2 atom stereocenters. The molecule has 6 nitrogen and oxygen atoms in total. The average molecular weight is 266 g/mol. The minimum Gasteiger partial charge on any atom is -0.383 e. The van der Waals surface area contributed by atoms with Crippen molar-refractivity contribution in [3.8, 4) is 0 Å². The van der Waals surface area contributed by atoms with Crippen LogP contribution in [0.3, 0.4) is 0 Å². The van der Waals surface area contributed by atoms with Crippen LogP contribution in [0.15, 0.2) is 12.3 Å². The standard InChI is InChI=1S/C13H22N4O2/c1-3-6-17-11(4-5-15-17)13-10(14)9-12(18)16(13)7-8-19-2/h4-5,10,13H,3,6-9,14H2,1-2H3. The van der Waals surface area contributed by atoms with Gasteiger partial charge in [-0.15, -0.1) is 0 Å². The number of hydrogen-bond acceptors (Lipinski definition) is 4. The second kappa shape index (κ2) is 6.16. The van der Waals surface area contributed by atoms with Gasteiger partial charge in [-0.25, -0.2) is 0 Å². The van der Waals surface area contributed by atoms with Crippen molar-refractivity contribution in [3.05, 3.63) is 18.0 Å². The van der Waals surface area contributed by atoms with Crippen LogP contribution in [0, 0.1) is 0 Å². The number of aryl methyl sites for hydroxylation is 1. The molecule has 1 aliphatic heterocycles. The maximum atomic E-state index is 12.0. The maximum absolute atomic E-state index is 12.0. The minimum atomic E-state index is -0.170. The first-order valence-corrected chi connectivity index (χ1v) is 6.74. The number of methoxy groups -OCH3 is 1. The molecular formula is C13H22N4O2. The first-order valence-electron chi connectivity index (χ1n) is 6.74. The third-order valence-electron chi connectivity index (χ3n) is 3.50. The summed E-state index contributed by atoms with van der Waals surface area (Å²) in [5, 5.41) is 4.32. The van der Waals surface area contributed by atoms with E-state index in [4.69, 9.17) is 10.5 Å². The Morgan fingerprint density at radius 2 is 2.32 bits per heavy atom. The summed E-state index contributed by atoms with van der Waals surface area (Å²) in [6.07, 6.45) is 3.17. The van der Waals surface area contributed by atoms with Gasteiger partial charge in [-0.2, -0.15) is 5.10 Å². The lowest BCUT2D eigenvalue weighted by molar-refractivity contribution is -0.129. The first-order chi connectivity index (χ1) is 9.19. The van der Waals surface area contributed by atoms with Crippen molar-refractivity contribution in [2.75, 3.05) is 20.3 Å². The normalized spacial score (nSPS) is 23.3. The number of nitrogens with two attached hydrogens (primary N) is 1. The molecule has 1 aromatic rings. The smallest absolute Gasteiger partial charge is 0.224 e. The lowest BCUT2D eigenvalue weighted by atomic mass is 10.1. The number of rotatable bonds is 6. The van der Waals surface area contributed by atoms with E-state index in [1.54, 1.807) is 13.3 Å². The van der Waals surface area contributed by atoms with Gasteiger partial charge in [0, 0.05) is 38.9 Å². The molecule has 2 rings (SSSR count). The zero-order chi connectivity index (χ0) is 13.8. The molecule has 1 aliphatic rings. The number of carbonyl (C=O) groups excluding carboxylic acids is 1. The third kappa shape index (κ3) is 2.79. The average Bonchev–Trinajstić information content (AvgIpc) is 2.92. The molecule has 0 spiro atoms. The number of likely N-dealkylation sites (tertiary alicyclic amines) is 1. The van der Waals surface area contributed by atoms with Gasteiger partial charge in [0.1, 0.15) is 0 Å². The van der Waals surface area contributed by atoms with E-state index in [1.807, 2.05) is 15.6 Å². The predicted molar refractivity (Wildman–Crippen MR) is 71.4 cm³/mol. The van der Waals surface area contributed by atoms with Gasteiger partial charge in [0.2, 0.25) is 5.91 Å². The van der Waals surface area contributed by atoms with Gasteiger partial charge in [0.25, 0.3) is 0 Å². The zero-order valence-electron chi connectivity index (χ0n) is 11.6.